The number of aliphatic hydroxyl groups excluding tert-OH is 1. The minimum absolute atomic E-state index is 0.00386. The van der Waals surface area contributed by atoms with Gasteiger partial charge in [-0.3, -0.25) is 9.59 Å². The van der Waals surface area contributed by atoms with Crippen molar-refractivity contribution in [2.24, 2.45) is 0 Å². The zero-order chi connectivity index (χ0) is 25.5. The average Bonchev–Trinajstić information content (AvgIpc) is 3.51. The van der Waals surface area contributed by atoms with Crippen molar-refractivity contribution in [1.82, 2.24) is 20.2 Å². The third-order valence-electron chi connectivity index (χ3n) is 6.28. The van der Waals surface area contributed by atoms with Gasteiger partial charge in [0.2, 0.25) is 0 Å². The number of aliphatic hydroxyl groups is 1. The summed E-state index contributed by atoms with van der Waals surface area (Å²) < 4.78 is 28.4. The normalized spacial score (nSPS) is 20.4. The molecular weight excluding hydrogens is 476 g/mol. The lowest BCUT2D eigenvalue weighted by Gasteiger charge is -2.23. The second-order valence-corrected chi connectivity index (χ2v) is 11.3. The molecule has 2 aliphatic heterocycles. The first-order valence-corrected chi connectivity index (χ1v) is 12.6. The van der Waals surface area contributed by atoms with Gasteiger partial charge in [0.1, 0.15) is 11.5 Å². The van der Waals surface area contributed by atoms with E-state index in [4.69, 9.17) is 0 Å². The smallest absolute Gasteiger partial charge is 0.280 e. The number of hydrogen-bond acceptors (Lipinski definition) is 7. The number of hydrogen-bond donors (Lipinski definition) is 3. The van der Waals surface area contributed by atoms with E-state index >= 15 is 0 Å². The largest absolute Gasteiger partial charge is 0.394 e. The van der Waals surface area contributed by atoms with Crippen LogP contribution in [0.15, 0.2) is 12.3 Å². The number of rotatable bonds is 7. The number of nitrogens with one attached hydrogen (secondary N) is 2. The SMILES string of the molecule is C[C@H](CO)NC(=O)c1nc(C(=O)N2[C@H]3CC[C@@H]2CC3)c(-c2cnc(NC(C)(C)C)cc2C(F)F)s1. The highest BCUT2D eigenvalue weighted by Gasteiger charge is 2.44. The molecule has 2 saturated heterocycles. The van der Waals surface area contributed by atoms with Crippen molar-refractivity contribution in [3.63, 3.8) is 0 Å². The molecule has 4 heterocycles. The lowest BCUT2D eigenvalue weighted by Crippen LogP contribution is -2.36. The molecule has 2 amide bonds. The van der Waals surface area contributed by atoms with Crippen molar-refractivity contribution < 1.29 is 23.5 Å². The molecule has 190 valence electrons. The fraction of sp³-hybridized carbons (Fsp3) is 0.583. The van der Waals surface area contributed by atoms with Gasteiger partial charge in [0.25, 0.3) is 18.2 Å². The second-order valence-electron chi connectivity index (χ2n) is 10.3. The Morgan fingerprint density at radius 2 is 1.86 bits per heavy atom. The fourth-order valence-electron chi connectivity index (χ4n) is 4.74. The van der Waals surface area contributed by atoms with Gasteiger partial charge < -0.3 is 20.6 Å². The number of anilines is 1. The maximum atomic E-state index is 14.2. The maximum absolute atomic E-state index is 14.2. The van der Waals surface area contributed by atoms with Gasteiger partial charge in [-0.1, -0.05) is 0 Å². The van der Waals surface area contributed by atoms with Crippen molar-refractivity contribution in [1.29, 1.82) is 0 Å². The lowest BCUT2D eigenvalue weighted by atomic mass is 10.0. The van der Waals surface area contributed by atoms with E-state index in [1.165, 1.54) is 12.3 Å². The van der Waals surface area contributed by atoms with E-state index in [9.17, 15) is 23.5 Å². The summed E-state index contributed by atoms with van der Waals surface area (Å²) in [6.07, 6.45) is 2.13. The second kappa shape index (κ2) is 9.77. The summed E-state index contributed by atoms with van der Waals surface area (Å²) in [4.78, 5) is 37.0. The Morgan fingerprint density at radius 1 is 1.23 bits per heavy atom. The van der Waals surface area contributed by atoms with Crippen LogP contribution in [0.2, 0.25) is 0 Å². The molecule has 2 bridgehead atoms. The highest BCUT2D eigenvalue weighted by atomic mass is 32.1. The Kier molecular flexibility index (Phi) is 7.10. The van der Waals surface area contributed by atoms with Gasteiger partial charge in [0, 0.05) is 41.0 Å². The van der Waals surface area contributed by atoms with Gasteiger partial charge in [-0.25, -0.2) is 18.7 Å². The van der Waals surface area contributed by atoms with Crippen molar-refractivity contribution in [3.05, 3.63) is 28.5 Å². The third-order valence-corrected chi connectivity index (χ3v) is 7.37. The molecule has 3 N–H and O–H groups in total. The Hall–Kier alpha value is -2.66. The number of aromatic nitrogens is 2. The predicted molar refractivity (Wildman–Crippen MR) is 130 cm³/mol. The molecule has 2 aliphatic rings. The van der Waals surface area contributed by atoms with Crippen LogP contribution in [0.1, 0.15) is 85.7 Å². The van der Waals surface area contributed by atoms with Gasteiger partial charge in [0.05, 0.1) is 11.5 Å². The van der Waals surface area contributed by atoms with Gasteiger partial charge in [-0.05, 0) is 59.4 Å². The fourth-order valence-corrected chi connectivity index (χ4v) is 5.73. The van der Waals surface area contributed by atoms with Gasteiger partial charge >= 0.3 is 0 Å². The summed E-state index contributed by atoms with van der Waals surface area (Å²) in [7, 11) is 0. The zero-order valence-electron chi connectivity index (χ0n) is 20.3. The first-order valence-electron chi connectivity index (χ1n) is 11.8. The number of fused-ring (bicyclic) bond motifs is 2. The summed E-state index contributed by atoms with van der Waals surface area (Å²) in [6, 6.07) is 0.982. The molecule has 2 aromatic rings. The van der Waals surface area contributed by atoms with Crippen molar-refractivity contribution in [2.75, 3.05) is 11.9 Å². The molecule has 0 radical (unpaired) electrons. The van der Waals surface area contributed by atoms with Crippen LogP contribution in [0.3, 0.4) is 0 Å². The highest BCUT2D eigenvalue weighted by molar-refractivity contribution is 7.17. The number of carbonyl (C=O) groups excluding carboxylic acids is 2. The van der Waals surface area contributed by atoms with E-state index < -0.39 is 18.4 Å². The summed E-state index contributed by atoms with van der Waals surface area (Å²) in [5.41, 5.74) is -0.593. The Labute approximate surface area is 207 Å². The van der Waals surface area contributed by atoms with E-state index in [1.807, 2.05) is 25.7 Å². The van der Waals surface area contributed by atoms with Crippen LogP contribution >= 0.6 is 11.3 Å². The Balaban J connectivity index is 1.79. The van der Waals surface area contributed by atoms with Crippen LogP contribution in [-0.2, 0) is 0 Å². The van der Waals surface area contributed by atoms with Crippen molar-refractivity contribution >= 4 is 29.0 Å². The van der Waals surface area contributed by atoms with E-state index in [2.05, 4.69) is 20.6 Å². The van der Waals surface area contributed by atoms with E-state index in [0.29, 0.717) is 5.82 Å². The monoisotopic (exact) mass is 507 g/mol. The molecule has 11 heteroatoms. The van der Waals surface area contributed by atoms with Crippen LogP contribution in [-0.4, -0.2) is 62.1 Å². The summed E-state index contributed by atoms with van der Waals surface area (Å²) in [6.45, 7) is 7.04. The number of nitrogens with zero attached hydrogens (tertiary/aromatic N) is 3. The quantitative estimate of drug-likeness (QED) is 0.518. The van der Waals surface area contributed by atoms with E-state index in [1.54, 1.807) is 6.92 Å². The summed E-state index contributed by atoms with van der Waals surface area (Å²) in [5.74, 6) is -0.618. The number of alkyl halides is 2. The molecule has 8 nitrogen and oxygen atoms in total. The van der Waals surface area contributed by atoms with Gasteiger partial charge in [-0.15, -0.1) is 11.3 Å². The van der Waals surface area contributed by atoms with Crippen LogP contribution < -0.4 is 10.6 Å². The van der Waals surface area contributed by atoms with Crippen LogP contribution in [0.25, 0.3) is 10.4 Å². The maximum Gasteiger partial charge on any atom is 0.280 e. The minimum atomic E-state index is -2.83. The molecule has 2 fully saturated rings. The topological polar surface area (TPSA) is 107 Å². The number of thiazole rings is 1. The number of pyridine rings is 1. The molecule has 0 aliphatic carbocycles. The minimum Gasteiger partial charge on any atom is -0.394 e. The van der Waals surface area contributed by atoms with Gasteiger partial charge in [-0.2, -0.15) is 0 Å². The number of carbonyl (C=O) groups is 2. The molecule has 4 rings (SSSR count). The average molecular weight is 508 g/mol. The van der Waals surface area contributed by atoms with Crippen molar-refractivity contribution in [2.45, 2.75) is 83.5 Å². The van der Waals surface area contributed by atoms with E-state index in [-0.39, 0.29) is 56.8 Å². The third kappa shape index (κ3) is 5.30. The first-order chi connectivity index (χ1) is 16.5. The molecule has 0 aromatic carbocycles. The molecule has 1 atom stereocenters. The first kappa shape index (κ1) is 25.4. The van der Waals surface area contributed by atoms with Crippen LogP contribution in [0, 0.1) is 0 Å². The number of amides is 2. The molecule has 35 heavy (non-hydrogen) atoms. The van der Waals surface area contributed by atoms with Crippen molar-refractivity contribution in [3.8, 4) is 10.4 Å². The Morgan fingerprint density at radius 3 is 2.40 bits per heavy atom. The number of halogens is 2. The summed E-state index contributed by atoms with van der Waals surface area (Å²) in [5, 5.41) is 15.0. The molecule has 0 saturated carbocycles. The molecular formula is C24H31F2N5O3S. The molecule has 0 spiro atoms. The lowest BCUT2D eigenvalue weighted by molar-refractivity contribution is 0.0725. The van der Waals surface area contributed by atoms with Gasteiger partial charge in [0.15, 0.2) is 5.01 Å². The predicted octanol–water partition coefficient (Wildman–Crippen LogP) is 4.23. The zero-order valence-corrected chi connectivity index (χ0v) is 21.1. The molecule has 0 unspecified atom stereocenters. The van der Waals surface area contributed by atoms with Crippen LogP contribution in [0.4, 0.5) is 14.6 Å². The Bertz CT molecular complexity index is 1100. The highest BCUT2D eigenvalue weighted by Crippen LogP contribution is 2.42. The standard InChI is InChI=1S/C24H31F2N5O3S/c1-12(11-32)28-21(33)22-29-18(23(34)31-13-5-6-14(31)8-7-13)19(35-22)16-10-27-17(30-24(2,3)4)9-15(16)20(25)26/h9-10,12-14,20,32H,5-8,11H2,1-4H3,(H,27,30)(H,28,33)/t12-,13-,14+/m1/s1. The van der Waals surface area contributed by atoms with Crippen LogP contribution in [0.5, 0.6) is 0 Å². The summed E-state index contributed by atoms with van der Waals surface area (Å²) >= 11 is 0.888. The molecule has 2 aromatic heterocycles. The van der Waals surface area contributed by atoms with E-state index in [0.717, 1.165) is 37.0 Å².